The van der Waals surface area contributed by atoms with Gasteiger partial charge in [-0.05, 0) is 76.5 Å². The van der Waals surface area contributed by atoms with Crippen molar-refractivity contribution in [3.05, 3.63) is 29.8 Å². The highest BCUT2D eigenvalue weighted by Gasteiger charge is 2.23. The molecule has 1 saturated heterocycles. The van der Waals surface area contributed by atoms with E-state index in [1.54, 1.807) is 0 Å². The number of piperidine rings is 1. The number of anilines is 1. The third kappa shape index (κ3) is 9.14. The molecule has 1 saturated carbocycles. The summed E-state index contributed by atoms with van der Waals surface area (Å²) in [6.07, 6.45) is 8.76. The van der Waals surface area contributed by atoms with Gasteiger partial charge in [-0.25, -0.2) is 9.59 Å². The third-order valence-corrected chi connectivity index (χ3v) is 6.46. The zero-order valence-corrected chi connectivity index (χ0v) is 20.6. The van der Waals surface area contributed by atoms with E-state index in [2.05, 4.69) is 40.2 Å². The van der Waals surface area contributed by atoms with E-state index in [1.165, 1.54) is 37.7 Å². The van der Waals surface area contributed by atoms with Crippen LogP contribution in [0.2, 0.25) is 0 Å². The molecule has 0 radical (unpaired) electrons. The number of rotatable bonds is 7. The zero-order valence-electron chi connectivity index (χ0n) is 20.6. The van der Waals surface area contributed by atoms with Gasteiger partial charge in [-0.2, -0.15) is 0 Å². The Hall–Kier alpha value is -2.44. The Labute approximate surface area is 199 Å². The molecule has 3 N–H and O–H groups in total. The average molecular weight is 459 g/mol. The average Bonchev–Trinajstić information content (AvgIpc) is 2.79. The van der Waals surface area contributed by atoms with E-state index in [0.717, 1.165) is 44.6 Å². The molecule has 2 aliphatic rings. The predicted octanol–water partition coefficient (Wildman–Crippen LogP) is 4.92. The van der Waals surface area contributed by atoms with Crippen LogP contribution in [0.25, 0.3) is 0 Å². The van der Waals surface area contributed by atoms with Crippen molar-refractivity contribution in [1.82, 2.24) is 15.5 Å². The molecule has 2 fully saturated rings. The first kappa shape index (κ1) is 25.2. The number of nitrogens with zero attached hydrogens (tertiary/aromatic N) is 1. The first-order valence-corrected chi connectivity index (χ1v) is 12.6. The summed E-state index contributed by atoms with van der Waals surface area (Å²) in [5, 5.41) is 9.56. The van der Waals surface area contributed by atoms with Gasteiger partial charge < -0.3 is 25.6 Å². The smallest absolute Gasteiger partial charge is 0.407 e. The van der Waals surface area contributed by atoms with E-state index in [-0.39, 0.29) is 12.1 Å². The summed E-state index contributed by atoms with van der Waals surface area (Å²) < 4.78 is 5.25. The summed E-state index contributed by atoms with van der Waals surface area (Å²) in [4.78, 5) is 26.2. The van der Waals surface area contributed by atoms with Gasteiger partial charge in [0.2, 0.25) is 0 Å². The summed E-state index contributed by atoms with van der Waals surface area (Å²) >= 11 is 0. The maximum absolute atomic E-state index is 12.5. The van der Waals surface area contributed by atoms with Crippen molar-refractivity contribution < 1.29 is 14.3 Å². The lowest BCUT2D eigenvalue weighted by atomic mass is 9.89. The SMILES string of the molecule is CC(C)(C)OC(=O)NCCc1ccc(NC2CCN(C(=O)NCC3CCCCC3)CC2)cc1. The molecule has 7 heteroatoms. The summed E-state index contributed by atoms with van der Waals surface area (Å²) in [5.74, 6) is 0.665. The van der Waals surface area contributed by atoms with Crippen LogP contribution in [0.15, 0.2) is 24.3 Å². The van der Waals surface area contributed by atoms with E-state index in [1.807, 2.05) is 25.7 Å². The Morgan fingerprint density at radius 1 is 0.970 bits per heavy atom. The number of nitrogens with one attached hydrogen (secondary N) is 3. The van der Waals surface area contributed by atoms with Crippen LogP contribution >= 0.6 is 0 Å². The fourth-order valence-corrected chi connectivity index (χ4v) is 4.59. The van der Waals surface area contributed by atoms with Crippen LogP contribution in [-0.2, 0) is 11.2 Å². The molecule has 0 aromatic heterocycles. The van der Waals surface area contributed by atoms with Crippen molar-refractivity contribution in [1.29, 1.82) is 0 Å². The first-order valence-electron chi connectivity index (χ1n) is 12.6. The van der Waals surface area contributed by atoms with Gasteiger partial charge in [0.1, 0.15) is 5.60 Å². The standard InChI is InChI=1S/C26H42N4O3/c1-26(2,3)33-25(32)27-16-13-20-9-11-22(12-10-20)29-23-14-17-30(18-15-23)24(31)28-19-21-7-5-4-6-8-21/h9-12,21,23,29H,4-8,13-19H2,1-3H3,(H,27,32)(H,28,31). The number of likely N-dealkylation sites (tertiary alicyclic amines) is 1. The van der Waals surface area contributed by atoms with Crippen molar-refractivity contribution in [2.45, 2.75) is 83.8 Å². The minimum atomic E-state index is -0.480. The van der Waals surface area contributed by atoms with Crippen molar-refractivity contribution in [3.8, 4) is 0 Å². The molecule has 1 aromatic carbocycles. The van der Waals surface area contributed by atoms with Gasteiger partial charge in [-0.1, -0.05) is 31.4 Å². The molecule has 1 aromatic rings. The fourth-order valence-electron chi connectivity index (χ4n) is 4.59. The minimum Gasteiger partial charge on any atom is -0.444 e. The summed E-state index contributed by atoms with van der Waals surface area (Å²) in [7, 11) is 0. The number of ether oxygens (including phenoxy) is 1. The predicted molar refractivity (Wildman–Crippen MR) is 133 cm³/mol. The first-order chi connectivity index (χ1) is 15.8. The molecular weight excluding hydrogens is 416 g/mol. The molecule has 3 amide bonds. The molecule has 1 aliphatic carbocycles. The Morgan fingerprint density at radius 3 is 2.27 bits per heavy atom. The maximum Gasteiger partial charge on any atom is 0.407 e. The van der Waals surface area contributed by atoms with Gasteiger partial charge in [0.25, 0.3) is 0 Å². The van der Waals surface area contributed by atoms with E-state index >= 15 is 0 Å². The molecule has 184 valence electrons. The lowest BCUT2D eigenvalue weighted by molar-refractivity contribution is 0.0528. The highest BCUT2D eigenvalue weighted by molar-refractivity contribution is 5.74. The lowest BCUT2D eigenvalue weighted by Gasteiger charge is -2.33. The van der Waals surface area contributed by atoms with E-state index in [0.29, 0.717) is 18.5 Å². The molecule has 7 nitrogen and oxygen atoms in total. The highest BCUT2D eigenvalue weighted by Crippen LogP contribution is 2.23. The second-order valence-electron chi connectivity index (χ2n) is 10.5. The van der Waals surface area contributed by atoms with Crippen LogP contribution in [0, 0.1) is 5.92 Å². The van der Waals surface area contributed by atoms with Gasteiger partial charge in [-0.3, -0.25) is 0 Å². The number of hydrogen-bond donors (Lipinski definition) is 3. The second-order valence-corrected chi connectivity index (χ2v) is 10.5. The number of benzene rings is 1. The maximum atomic E-state index is 12.5. The van der Waals surface area contributed by atoms with Crippen LogP contribution in [0.1, 0.15) is 71.3 Å². The number of carbonyl (C=O) groups excluding carboxylic acids is 2. The van der Waals surface area contributed by atoms with Crippen molar-refractivity contribution in [2.24, 2.45) is 5.92 Å². The van der Waals surface area contributed by atoms with Crippen LogP contribution < -0.4 is 16.0 Å². The number of amides is 3. The number of alkyl carbamates (subject to hydrolysis) is 1. The fraction of sp³-hybridized carbons (Fsp3) is 0.692. The molecule has 3 rings (SSSR count). The van der Waals surface area contributed by atoms with Gasteiger partial charge in [0.05, 0.1) is 0 Å². The summed E-state index contributed by atoms with van der Waals surface area (Å²) in [6, 6.07) is 8.84. The van der Waals surface area contributed by atoms with Gasteiger partial charge >= 0.3 is 12.1 Å². The molecule has 0 unspecified atom stereocenters. The van der Waals surface area contributed by atoms with Gasteiger partial charge in [0.15, 0.2) is 0 Å². The Kier molecular flexibility index (Phi) is 9.27. The third-order valence-electron chi connectivity index (χ3n) is 6.46. The quantitative estimate of drug-likeness (QED) is 0.542. The Balaban J connectivity index is 1.32. The molecule has 0 spiro atoms. The Morgan fingerprint density at radius 2 is 1.64 bits per heavy atom. The zero-order chi connectivity index (χ0) is 23.7. The largest absolute Gasteiger partial charge is 0.444 e. The Bertz CT molecular complexity index is 746. The molecular formula is C26H42N4O3. The van der Waals surface area contributed by atoms with Gasteiger partial charge in [0, 0.05) is 37.9 Å². The summed E-state index contributed by atoms with van der Waals surface area (Å²) in [5.41, 5.74) is 1.78. The number of hydrogen-bond acceptors (Lipinski definition) is 4. The molecule has 33 heavy (non-hydrogen) atoms. The van der Waals surface area contributed by atoms with Gasteiger partial charge in [-0.15, -0.1) is 0 Å². The monoisotopic (exact) mass is 458 g/mol. The highest BCUT2D eigenvalue weighted by atomic mass is 16.6. The normalized spacial score (nSPS) is 18.0. The van der Waals surface area contributed by atoms with Crippen LogP contribution in [0.4, 0.5) is 15.3 Å². The van der Waals surface area contributed by atoms with Crippen molar-refractivity contribution in [3.63, 3.8) is 0 Å². The van der Waals surface area contributed by atoms with Crippen LogP contribution in [0.5, 0.6) is 0 Å². The van der Waals surface area contributed by atoms with E-state index in [4.69, 9.17) is 4.74 Å². The van der Waals surface area contributed by atoms with Crippen molar-refractivity contribution in [2.75, 3.05) is 31.5 Å². The minimum absolute atomic E-state index is 0.100. The second kappa shape index (κ2) is 12.1. The topological polar surface area (TPSA) is 82.7 Å². The van der Waals surface area contributed by atoms with Crippen LogP contribution in [0.3, 0.4) is 0 Å². The molecule has 1 aliphatic heterocycles. The van der Waals surface area contributed by atoms with Crippen LogP contribution in [-0.4, -0.2) is 54.8 Å². The number of urea groups is 1. The van der Waals surface area contributed by atoms with E-state index < -0.39 is 5.60 Å². The molecule has 0 bridgehead atoms. The van der Waals surface area contributed by atoms with E-state index in [9.17, 15) is 9.59 Å². The number of carbonyl (C=O) groups is 2. The summed E-state index contributed by atoms with van der Waals surface area (Å²) in [6.45, 7) is 8.53. The van der Waals surface area contributed by atoms with Crippen molar-refractivity contribution >= 4 is 17.8 Å². The molecule has 1 heterocycles. The lowest BCUT2D eigenvalue weighted by Crippen LogP contribution is -2.47. The molecule has 0 atom stereocenters.